The molecule has 0 aliphatic carbocycles. The minimum atomic E-state index is -4.94. The lowest BCUT2D eigenvalue weighted by molar-refractivity contribution is -0.181. The van der Waals surface area contributed by atoms with Crippen LogP contribution < -0.4 is 10.2 Å². The monoisotopic (exact) mass is 495 g/mol. The Balaban J connectivity index is 1.77. The van der Waals surface area contributed by atoms with Gasteiger partial charge in [-0.1, -0.05) is 0 Å². The summed E-state index contributed by atoms with van der Waals surface area (Å²) < 4.78 is 107. The smallest absolute Gasteiger partial charge is 0.306 e. The fourth-order valence-corrected chi connectivity index (χ4v) is 3.61. The molecule has 0 spiro atoms. The standard InChI is InChI=1S/C18H13F8N7O/c1-16(18(24,25)26)7-32(15(34)29-9-2-10(14(19)20)30-28-5-9)11-6-27-12-3-8(4-17(21,22)23)31-33(12)13(11)16/h2-3,5-6,14H,4,7H2,1H3,(H,29,30,34)/t16-/m0/s1. The van der Waals surface area contributed by atoms with Crippen molar-refractivity contribution in [3.05, 3.63) is 41.6 Å². The molecule has 4 heterocycles. The third-order valence-electron chi connectivity index (χ3n) is 5.20. The Hall–Kier alpha value is -3.59. The van der Waals surface area contributed by atoms with E-state index in [1.807, 2.05) is 0 Å². The van der Waals surface area contributed by atoms with Crippen LogP contribution >= 0.6 is 0 Å². The normalized spacial score (nSPS) is 18.6. The van der Waals surface area contributed by atoms with E-state index in [2.05, 4.69) is 25.6 Å². The minimum Gasteiger partial charge on any atom is -0.306 e. The zero-order valence-electron chi connectivity index (χ0n) is 16.9. The van der Waals surface area contributed by atoms with Crippen molar-refractivity contribution >= 4 is 23.1 Å². The maximum absolute atomic E-state index is 14.1. The van der Waals surface area contributed by atoms with Crippen LogP contribution in [0.4, 0.5) is 51.3 Å². The quantitative estimate of drug-likeness (QED) is 0.544. The number of nitrogens with one attached hydrogen (secondary N) is 1. The molecule has 3 aromatic heterocycles. The van der Waals surface area contributed by atoms with Crippen LogP contribution in [-0.2, 0) is 11.8 Å². The number of amides is 2. The van der Waals surface area contributed by atoms with Gasteiger partial charge in [0.1, 0.15) is 11.1 Å². The van der Waals surface area contributed by atoms with E-state index < -0.39 is 60.3 Å². The van der Waals surface area contributed by atoms with Crippen molar-refractivity contribution in [3.63, 3.8) is 0 Å². The number of nitrogens with zero attached hydrogens (tertiary/aromatic N) is 6. The zero-order valence-corrected chi connectivity index (χ0v) is 16.9. The van der Waals surface area contributed by atoms with Crippen molar-refractivity contribution in [2.24, 2.45) is 0 Å². The molecule has 0 aromatic carbocycles. The van der Waals surface area contributed by atoms with Crippen LogP contribution in [0.3, 0.4) is 0 Å². The zero-order chi connectivity index (χ0) is 25.1. The van der Waals surface area contributed by atoms with Gasteiger partial charge in [-0.2, -0.15) is 36.5 Å². The lowest BCUT2D eigenvalue weighted by atomic mass is 9.88. The molecule has 182 valence electrons. The van der Waals surface area contributed by atoms with Gasteiger partial charge in [0.25, 0.3) is 6.43 Å². The molecule has 34 heavy (non-hydrogen) atoms. The van der Waals surface area contributed by atoms with E-state index in [4.69, 9.17) is 0 Å². The van der Waals surface area contributed by atoms with E-state index in [1.165, 1.54) is 0 Å². The van der Waals surface area contributed by atoms with E-state index >= 15 is 0 Å². The van der Waals surface area contributed by atoms with Crippen LogP contribution in [0.5, 0.6) is 0 Å². The van der Waals surface area contributed by atoms with Crippen molar-refractivity contribution in [3.8, 4) is 0 Å². The van der Waals surface area contributed by atoms with Gasteiger partial charge in [-0.3, -0.25) is 4.90 Å². The Labute approximate surface area is 184 Å². The molecule has 2 amide bonds. The highest BCUT2D eigenvalue weighted by Crippen LogP contribution is 2.50. The lowest BCUT2D eigenvalue weighted by Crippen LogP contribution is -2.46. The summed E-state index contributed by atoms with van der Waals surface area (Å²) in [6.45, 7) is -0.195. The summed E-state index contributed by atoms with van der Waals surface area (Å²) in [4.78, 5) is 17.3. The number of fused-ring (bicyclic) bond motifs is 3. The summed E-state index contributed by atoms with van der Waals surface area (Å²) in [5.74, 6) is 0. The number of anilines is 2. The largest absolute Gasteiger partial charge is 0.401 e. The van der Waals surface area contributed by atoms with Crippen LogP contribution in [0.15, 0.2) is 24.5 Å². The van der Waals surface area contributed by atoms with Gasteiger partial charge in [-0.25, -0.2) is 23.1 Å². The highest BCUT2D eigenvalue weighted by Gasteiger charge is 2.60. The van der Waals surface area contributed by atoms with Gasteiger partial charge in [-0.15, -0.1) is 5.10 Å². The Morgan fingerprint density at radius 1 is 1.18 bits per heavy atom. The number of rotatable bonds is 3. The van der Waals surface area contributed by atoms with Crippen molar-refractivity contribution in [1.82, 2.24) is 24.8 Å². The van der Waals surface area contributed by atoms with Crippen molar-refractivity contribution in [1.29, 1.82) is 0 Å². The molecule has 8 nitrogen and oxygen atoms in total. The molecule has 0 saturated carbocycles. The van der Waals surface area contributed by atoms with Crippen LogP contribution in [0, 0.1) is 0 Å². The molecule has 1 aliphatic rings. The Morgan fingerprint density at radius 2 is 1.88 bits per heavy atom. The maximum atomic E-state index is 14.1. The fraction of sp³-hybridized carbons (Fsp3) is 0.389. The summed E-state index contributed by atoms with van der Waals surface area (Å²) >= 11 is 0. The number of aromatic nitrogens is 5. The number of urea groups is 1. The van der Waals surface area contributed by atoms with Crippen LogP contribution in [-0.4, -0.2) is 49.7 Å². The summed E-state index contributed by atoms with van der Waals surface area (Å²) in [5, 5.41) is 12.3. The summed E-state index contributed by atoms with van der Waals surface area (Å²) in [6, 6.07) is 0.571. The second-order valence-corrected chi connectivity index (χ2v) is 7.71. The van der Waals surface area contributed by atoms with Crippen LogP contribution in [0.1, 0.15) is 30.4 Å². The number of carbonyl (C=O) groups excluding carboxylic acids is 1. The first-order chi connectivity index (χ1) is 15.7. The van der Waals surface area contributed by atoms with Crippen LogP contribution in [0.2, 0.25) is 0 Å². The molecule has 0 bridgehead atoms. The number of hydrogen-bond donors (Lipinski definition) is 1. The molecule has 16 heteroatoms. The number of alkyl halides is 8. The predicted octanol–water partition coefficient (Wildman–Crippen LogP) is 4.43. The Bertz CT molecular complexity index is 1260. The van der Waals surface area contributed by atoms with Gasteiger partial charge < -0.3 is 5.32 Å². The van der Waals surface area contributed by atoms with Crippen molar-refractivity contribution < 1.29 is 39.9 Å². The summed E-state index contributed by atoms with van der Waals surface area (Å²) in [5.41, 5.74) is -5.52. The van der Waals surface area contributed by atoms with Crippen LogP contribution in [0.25, 0.3) is 5.65 Å². The Morgan fingerprint density at radius 3 is 2.50 bits per heavy atom. The van der Waals surface area contributed by atoms with Crippen molar-refractivity contribution in [2.45, 2.75) is 37.5 Å². The summed E-state index contributed by atoms with van der Waals surface area (Å²) in [6.07, 6.45) is -12.3. The SMILES string of the molecule is C[C@]1(C(F)(F)F)CN(C(=O)Nc2cnnc(C(F)F)c2)c2cnc3cc(CC(F)(F)F)nn3c21. The highest BCUT2D eigenvalue weighted by atomic mass is 19.4. The average molecular weight is 495 g/mol. The van der Waals surface area contributed by atoms with Crippen molar-refractivity contribution in [2.75, 3.05) is 16.8 Å². The first kappa shape index (κ1) is 23.6. The first-order valence-electron chi connectivity index (χ1n) is 9.40. The number of halogens is 8. The van der Waals surface area contributed by atoms with Gasteiger partial charge in [0.15, 0.2) is 5.65 Å². The molecular formula is C18H13F8N7O. The van der Waals surface area contributed by atoms with Gasteiger partial charge >= 0.3 is 18.4 Å². The van der Waals surface area contributed by atoms with Gasteiger partial charge in [0.05, 0.1) is 41.6 Å². The second kappa shape index (κ2) is 7.73. The maximum Gasteiger partial charge on any atom is 0.401 e. The molecule has 3 aromatic rings. The van der Waals surface area contributed by atoms with Gasteiger partial charge in [0, 0.05) is 12.6 Å². The van der Waals surface area contributed by atoms with E-state index in [1.54, 1.807) is 0 Å². The molecule has 1 atom stereocenters. The van der Waals surface area contributed by atoms with E-state index in [0.29, 0.717) is 9.42 Å². The third kappa shape index (κ3) is 4.07. The number of hydrogen-bond acceptors (Lipinski definition) is 5. The molecule has 0 saturated heterocycles. The molecule has 0 fully saturated rings. The number of carbonyl (C=O) groups is 1. The molecular weight excluding hydrogens is 482 g/mol. The molecule has 4 rings (SSSR count). The molecule has 0 unspecified atom stereocenters. The first-order valence-corrected chi connectivity index (χ1v) is 9.40. The highest BCUT2D eigenvalue weighted by molar-refractivity contribution is 6.03. The Kier molecular flexibility index (Phi) is 5.36. The van der Waals surface area contributed by atoms with E-state index in [0.717, 1.165) is 31.5 Å². The minimum absolute atomic E-state index is 0.252. The van der Waals surface area contributed by atoms with E-state index in [9.17, 15) is 39.9 Å². The second-order valence-electron chi connectivity index (χ2n) is 7.71. The third-order valence-corrected chi connectivity index (χ3v) is 5.20. The lowest BCUT2D eigenvalue weighted by Gasteiger charge is -2.28. The predicted molar refractivity (Wildman–Crippen MR) is 99.5 cm³/mol. The molecule has 1 aliphatic heterocycles. The van der Waals surface area contributed by atoms with Gasteiger partial charge in [0.2, 0.25) is 0 Å². The topological polar surface area (TPSA) is 88.3 Å². The fourth-order valence-electron chi connectivity index (χ4n) is 3.61. The summed E-state index contributed by atoms with van der Waals surface area (Å²) in [7, 11) is 0. The molecule has 0 radical (unpaired) electrons. The van der Waals surface area contributed by atoms with E-state index in [-0.39, 0.29) is 17.0 Å². The average Bonchev–Trinajstić information content (AvgIpc) is 3.25. The van der Waals surface area contributed by atoms with Gasteiger partial charge in [-0.05, 0) is 13.0 Å². The molecule has 1 N–H and O–H groups in total.